The Morgan fingerprint density at radius 2 is 2.06 bits per heavy atom. The maximum Gasteiger partial charge on any atom is 0.229 e. The third-order valence-electron chi connectivity index (χ3n) is 7.59. The van der Waals surface area contributed by atoms with E-state index in [0.717, 1.165) is 29.5 Å². The number of nitrogens with one attached hydrogen (secondary N) is 1. The van der Waals surface area contributed by atoms with E-state index in [2.05, 4.69) is 32.3 Å². The lowest BCUT2D eigenvalue weighted by atomic mass is 9.85. The third-order valence-corrected chi connectivity index (χ3v) is 7.59. The van der Waals surface area contributed by atoms with Crippen LogP contribution in [0.1, 0.15) is 25.3 Å². The van der Waals surface area contributed by atoms with Gasteiger partial charge in [0.1, 0.15) is 17.5 Å². The fourth-order valence-electron chi connectivity index (χ4n) is 5.35. The quantitative estimate of drug-likeness (QED) is 0.533. The molecule has 2 fully saturated rings. The molecule has 6 rings (SSSR count). The molecule has 36 heavy (non-hydrogen) atoms. The van der Waals surface area contributed by atoms with Crippen molar-refractivity contribution >= 4 is 46.3 Å². The molecule has 0 aromatic carbocycles. The molecule has 3 aromatic rings. The van der Waals surface area contributed by atoms with Crippen LogP contribution in [0.4, 0.5) is 17.5 Å². The molecule has 5 heterocycles. The van der Waals surface area contributed by atoms with Gasteiger partial charge in [0.25, 0.3) is 0 Å². The van der Waals surface area contributed by atoms with Crippen LogP contribution in [0.15, 0.2) is 35.7 Å². The topological polar surface area (TPSA) is 130 Å². The van der Waals surface area contributed by atoms with Gasteiger partial charge >= 0.3 is 0 Å². The molecule has 1 saturated heterocycles. The number of amides is 2. The zero-order valence-corrected chi connectivity index (χ0v) is 20.5. The van der Waals surface area contributed by atoms with E-state index >= 15 is 0 Å². The normalized spacial score (nSPS) is 24.8. The Hall–Kier alpha value is -4.08. The maximum atomic E-state index is 13.0. The molecule has 3 aromatic heterocycles. The number of carbonyl (C=O) groups is 2. The third kappa shape index (κ3) is 3.73. The summed E-state index contributed by atoms with van der Waals surface area (Å²) in [6.45, 7) is 5.64. The highest BCUT2D eigenvalue weighted by atomic mass is 16.2. The first-order chi connectivity index (χ1) is 17.2. The van der Waals surface area contributed by atoms with Crippen LogP contribution in [0.5, 0.6) is 0 Å². The van der Waals surface area contributed by atoms with Gasteiger partial charge < -0.3 is 11.1 Å². The number of hydrogen-bond acceptors (Lipinski definition) is 8. The number of fused-ring (bicyclic) bond motifs is 1. The van der Waals surface area contributed by atoms with E-state index in [4.69, 9.17) is 5.73 Å². The Labute approximate surface area is 208 Å². The van der Waals surface area contributed by atoms with E-state index in [1.54, 1.807) is 17.3 Å². The predicted molar refractivity (Wildman–Crippen MR) is 138 cm³/mol. The van der Waals surface area contributed by atoms with Crippen molar-refractivity contribution in [1.29, 1.82) is 0 Å². The van der Waals surface area contributed by atoms with Gasteiger partial charge in [-0.25, -0.2) is 15.0 Å². The summed E-state index contributed by atoms with van der Waals surface area (Å²) in [5, 5.41) is 10.8. The molecule has 3 N–H and O–H groups in total. The van der Waals surface area contributed by atoms with Crippen LogP contribution >= 0.6 is 0 Å². The second-order valence-electron chi connectivity index (χ2n) is 10.3. The summed E-state index contributed by atoms with van der Waals surface area (Å²) in [6, 6.07) is 5.65. The monoisotopic (exact) mass is 484 g/mol. The van der Waals surface area contributed by atoms with Crippen LogP contribution in [0.25, 0.3) is 22.0 Å². The van der Waals surface area contributed by atoms with Crippen molar-refractivity contribution in [2.75, 3.05) is 36.1 Å². The number of nitrogens with two attached hydrogens (primary N) is 1. The summed E-state index contributed by atoms with van der Waals surface area (Å²) >= 11 is 0. The van der Waals surface area contributed by atoms with E-state index < -0.39 is 0 Å². The Morgan fingerprint density at radius 1 is 1.22 bits per heavy atom. The molecular weight excluding hydrogens is 456 g/mol. The fourth-order valence-corrected chi connectivity index (χ4v) is 5.35. The number of carbonyl (C=O) groups excluding carboxylic acids is 2. The molecule has 0 spiro atoms. The largest absolute Gasteiger partial charge is 0.383 e. The minimum Gasteiger partial charge on any atom is -0.383 e. The molecule has 10 heteroatoms. The molecule has 2 amide bonds. The number of aryl methyl sites for hydroxylation is 1. The highest BCUT2D eigenvalue weighted by molar-refractivity contribution is 6.00. The number of nitrogen functional groups attached to an aromatic ring is 1. The first kappa shape index (κ1) is 22.4. The molecule has 0 bridgehead atoms. The second kappa shape index (κ2) is 7.97. The van der Waals surface area contributed by atoms with Crippen molar-refractivity contribution in [3.8, 4) is 11.3 Å². The van der Waals surface area contributed by atoms with Gasteiger partial charge in [0.2, 0.25) is 11.8 Å². The second-order valence-corrected chi connectivity index (χ2v) is 10.3. The Morgan fingerprint density at radius 3 is 2.72 bits per heavy atom. The summed E-state index contributed by atoms with van der Waals surface area (Å²) in [5.74, 6) is 1.79. The van der Waals surface area contributed by atoms with Gasteiger partial charge in [0, 0.05) is 67.4 Å². The number of β-lactam (4-membered cyclic amide) rings is 1. The molecule has 0 radical (unpaired) electrons. The molecule has 1 aliphatic carbocycles. The van der Waals surface area contributed by atoms with Crippen molar-refractivity contribution in [3.05, 3.63) is 36.2 Å². The summed E-state index contributed by atoms with van der Waals surface area (Å²) in [6.07, 6.45) is 6.75. The van der Waals surface area contributed by atoms with Gasteiger partial charge in [0.15, 0.2) is 0 Å². The number of aromatic nitrogens is 3. The average Bonchev–Trinajstić information content (AvgIpc) is 3.57. The lowest BCUT2D eigenvalue weighted by Crippen LogP contribution is -2.43. The molecule has 10 nitrogen and oxygen atoms in total. The van der Waals surface area contributed by atoms with Crippen LogP contribution in [-0.2, 0) is 9.59 Å². The summed E-state index contributed by atoms with van der Waals surface area (Å²) in [4.78, 5) is 39.8. The molecule has 3 aliphatic rings. The van der Waals surface area contributed by atoms with Crippen molar-refractivity contribution in [2.24, 2.45) is 22.4 Å². The van der Waals surface area contributed by atoms with Crippen molar-refractivity contribution in [1.82, 2.24) is 20.0 Å². The zero-order valence-electron chi connectivity index (χ0n) is 20.5. The van der Waals surface area contributed by atoms with Gasteiger partial charge in [-0.2, -0.15) is 5.10 Å². The summed E-state index contributed by atoms with van der Waals surface area (Å²) < 4.78 is 0. The van der Waals surface area contributed by atoms with E-state index in [0.29, 0.717) is 41.5 Å². The van der Waals surface area contributed by atoms with Gasteiger partial charge in [0.05, 0.1) is 5.69 Å². The zero-order chi connectivity index (χ0) is 25.2. The molecule has 2 aliphatic heterocycles. The molecule has 3 atom stereocenters. The highest BCUT2D eigenvalue weighted by Crippen LogP contribution is 2.52. The smallest absolute Gasteiger partial charge is 0.229 e. The minimum absolute atomic E-state index is 0.0190. The number of hydrogen-bond donors (Lipinski definition) is 2. The van der Waals surface area contributed by atoms with E-state index in [-0.39, 0.29) is 29.1 Å². The minimum atomic E-state index is -0.0764. The van der Waals surface area contributed by atoms with Crippen LogP contribution in [0.3, 0.4) is 0 Å². The number of anilines is 3. The van der Waals surface area contributed by atoms with Crippen LogP contribution < -0.4 is 16.0 Å². The summed E-state index contributed by atoms with van der Waals surface area (Å²) in [5.41, 5.74) is 8.65. The maximum absolute atomic E-state index is 13.0. The number of rotatable bonds is 5. The van der Waals surface area contributed by atoms with E-state index in [1.165, 1.54) is 0 Å². The summed E-state index contributed by atoms with van der Waals surface area (Å²) in [7, 11) is 1.95. The number of pyridine rings is 3. The standard InChI is InChI=1S/C26H28N8O2/c1-14-6-22(34-5-4-23(34)35)29-10-17(14)20-7-15-8-21(28-11-18(15)24(27)31-20)32-25(36)16-9-19(16)26(2)12-30-33(3)13-26/h6-8,10-12,16,19H,4-5,9,13H2,1-3H3,(H2,27,31)(H,28,32,36)/t16-,19-,26?/m0/s1. The van der Waals surface area contributed by atoms with Gasteiger partial charge in [-0.15, -0.1) is 0 Å². The van der Waals surface area contributed by atoms with Crippen molar-refractivity contribution < 1.29 is 9.59 Å². The lowest BCUT2D eigenvalue weighted by molar-refractivity contribution is -0.122. The van der Waals surface area contributed by atoms with Gasteiger partial charge in [-0.05, 0) is 48.4 Å². The molecule has 1 saturated carbocycles. The average molecular weight is 485 g/mol. The van der Waals surface area contributed by atoms with Crippen molar-refractivity contribution in [3.63, 3.8) is 0 Å². The van der Waals surface area contributed by atoms with Gasteiger partial charge in [-0.1, -0.05) is 6.92 Å². The van der Waals surface area contributed by atoms with Crippen LogP contribution in [-0.4, -0.2) is 58.1 Å². The highest BCUT2D eigenvalue weighted by Gasteiger charge is 2.54. The SMILES string of the molecule is Cc1cc(N2CCC2=O)ncc1-c1cc2cc(NC(=O)[C@H]3C[C@@H]3C3(C)C=NN(C)C3)ncc2c(N)n1. The predicted octanol–water partition coefficient (Wildman–Crippen LogP) is 2.83. The first-order valence-corrected chi connectivity index (χ1v) is 12.1. The number of hydrazone groups is 1. The van der Waals surface area contributed by atoms with E-state index in [9.17, 15) is 9.59 Å². The van der Waals surface area contributed by atoms with Crippen LogP contribution in [0, 0.1) is 24.2 Å². The molecule has 1 unspecified atom stereocenters. The Kier molecular flexibility index (Phi) is 4.96. The van der Waals surface area contributed by atoms with Crippen LogP contribution in [0.2, 0.25) is 0 Å². The Balaban J connectivity index is 1.23. The molecule has 184 valence electrons. The number of nitrogens with zero attached hydrogens (tertiary/aromatic N) is 6. The first-order valence-electron chi connectivity index (χ1n) is 12.1. The Bertz CT molecular complexity index is 1450. The lowest BCUT2D eigenvalue weighted by Gasteiger charge is -2.29. The van der Waals surface area contributed by atoms with E-state index in [1.807, 2.05) is 43.4 Å². The van der Waals surface area contributed by atoms with Gasteiger partial charge in [-0.3, -0.25) is 19.5 Å². The van der Waals surface area contributed by atoms with Crippen molar-refractivity contribution in [2.45, 2.75) is 26.7 Å². The molecular formula is C26H28N8O2. The fraction of sp³-hybridized carbons (Fsp3) is 0.385.